The van der Waals surface area contributed by atoms with Crippen molar-refractivity contribution in [3.63, 3.8) is 0 Å². The number of fused-ring (bicyclic) bond motifs is 1. The second kappa shape index (κ2) is 6.07. The Morgan fingerprint density at radius 3 is 2.95 bits per heavy atom. The minimum atomic E-state index is -0.648. The maximum atomic E-state index is 11.4. The summed E-state index contributed by atoms with van der Waals surface area (Å²) < 4.78 is 4.92. The molecule has 0 saturated heterocycles. The smallest absolute Gasteiger partial charge is 0.425 e. The Hall–Kier alpha value is -2.84. The molecule has 9 nitrogen and oxygen atoms in total. The predicted octanol–water partition coefficient (Wildman–Crippen LogP) is 2.18. The molecular weight excluding hydrogens is 278 g/mol. The van der Waals surface area contributed by atoms with Crippen LogP contribution in [0, 0.1) is 16.0 Å². The van der Waals surface area contributed by atoms with E-state index in [1.165, 1.54) is 12.1 Å². The van der Waals surface area contributed by atoms with Crippen molar-refractivity contribution in [2.45, 2.75) is 13.8 Å². The molecule has 3 N–H and O–H groups in total. The Morgan fingerprint density at radius 2 is 2.29 bits per heavy atom. The normalized spacial score (nSPS) is 10.6. The number of hydrazine groups is 1. The maximum Gasteiger partial charge on any atom is 0.425 e. The van der Waals surface area contributed by atoms with Crippen molar-refractivity contribution >= 4 is 28.5 Å². The molecule has 2 aromatic rings. The summed E-state index contributed by atoms with van der Waals surface area (Å²) in [6, 6.07) is 4.28. The number of nitrogens with zero attached hydrogens (tertiary/aromatic N) is 2. The molecule has 9 heteroatoms. The van der Waals surface area contributed by atoms with Gasteiger partial charge in [-0.2, -0.15) is 5.10 Å². The zero-order valence-electron chi connectivity index (χ0n) is 11.5. The number of rotatable bonds is 5. The molecule has 0 fully saturated rings. The van der Waals surface area contributed by atoms with Gasteiger partial charge in [-0.05, 0) is 12.0 Å². The summed E-state index contributed by atoms with van der Waals surface area (Å²) in [5.74, 6) is 0.500. The number of nitro benzene ring substituents is 1. The van der Waals surface area contributed by atoms with E-state index in [0.29, 0.717) is 17.5 Å². The molecule has 21 heavy (non-hydrogen) atoms. The number of aromatic nitrogens is 2. The molecule has 0 aliphatic carbocycles. The van der Waals surface area contributed by atoms with Crippen LogP contribution in [0.5, 0.6) is 0 Å². The maximum absolute atomic E-state index is 11.4. The number of benzene rings is 1. The van der Waals surface area contributed by atoms with E-state index in [1.54, 1.807) is 6.07 Å². The lowest BCUT2D eigenvalue weighted by atomic mass is 10.2. The van der Waals surface area contributed by atoms with E-state index >= 15 is 0 Å². The van der Waals surface area contributed by atoms with E-state index in [4.69, 9.17) is 4.74 Å². The third-order valence-electron chi connectivity index (χ3n) is 2.59. The zero-order chi connectivity index (χ0) is 15.4. The van der Waals surface area contributed by atoms with Crippen molar-refractivity contribution in [1.82, 2.24) is 15.6 Å². The third-order valence-corrected chi connectivity index (χ3v) is 2.59. The van der Waals surface area contributed by atoms with Crippen LogP contribution in [0.1, 0.15) is 13.8 Å². The first-order chi connectivity index (χ1) is 9.97. The van der Waals surface area contributed by atoms with Gasteiger partial charge in [0, 0.05) is 12.1 Å². The van der Waals surface area contributed by atoms with Gasteiger partial charge in [-0.1, -0.05) is 13.8 Å². The molecular formula is C12H15N5O4. The quantitative estimate of drug-likeness (QED) is 0.573. The van der Waals surface area contributed by atoms with E-state index in [2.05, 4.69) is 21.0 Å². The van der Waals surface area contributed by atoms with Crippen molar-refractivity contribution in [3.8, 4) is 0 Å². The number of ether oxygens (including phenoxy) is 1. The van der Waals surface area contributed by atoms with Crippen LogP contribution in [0.3, 0.4) is 0 Å². The van der Waals surface area contributed by atoms with Gasteiger partial charge in [0.1, 0.15) is 0 Å². The molecule has 1 aromatic carbocycles. The number of aromatic amines is 1. The molecule has 0 spiro atoms. The van der Waals surface area contributed by atoms with Crippen LogP contribution in [-0.2, 0) is 4.74 Å². The first kappa shape index (κ1) is 14.6. The fraction of sp³-hybridized carbons (Fsp3) is 0.333. The molecule has 2 rings (SSSR count). The summed E-state index contributed by atoms with van der Waals surface area (Å²) >= 11 is 0. The minimum Gasteiger partial charge on any atom is -0.448 e. The number of H-pyrrole nitrogens is 1. The summed E-state index contributed by atoms with van der Waals surface area (Å²) in [7, 11) is 0. The highest BCUT2D eigenvalue weighted by Gasteiger charge is 2.12. The molecule has 1 heterocycles. The molecule has 0 unspecified atom stereocenters. The Balaban J connectivity index is 2.06. The molecule has 0 aliphatic rings. The molecule has 0 aliphatic heterocycles. The van der Waals surface area contributed by atoms with Gasteiger partial charge in [0.15, 0.2) is 5.82 Å². The average Bonchev–Trinajstić information content (AvgIpc) is 2.85. The number of anilines is 1. The number of hydrogen-bond donors (Lipinski definition) is 3. The van der Waals surface area contributed by atoms with Gasteiger partial charge >= 0.3 is 6.09 Å². The number of carbonyl (C=O) groups excluding carboxylic acids is 1. The molecule has 1 amide bonds. The molecule has 0 atom stereocenters. The molecule has 0 saturated carbocycles. The summed E-state index contributed by atoms with van der Waals surface area (Å²) in [5.41, 5.74) is 5.44. The van der Waals surface area contributed by atoms with E-state index in [9.17, 15) is 14.9 Å². The number of non-ortho nitro benzene ring substituents is 1. The van der Waals surface area contributed by atoms with Gasteiger partial charge < -0.3 is 4.74 Å². The van der Waals surface area contributed by atoms with Crippen LogP contribution in [0.2, 0.25) is 0 Å². The van der Waals surface area contributed by atoms with E-state index in [1.807, 2.05) is 13.8 Å². The van der Waals surface area contributed by atoms with Crippen LogP contribution in [-0.4, -0.2) is 27.8 Å². The fourth-order valence-corrected chi connectivity index (χ4v) is 1.60. The van der Waals surface area contributed by atoms with Crippen molar-refractivity contribution in [2.24, 2.45) is 5.92 Å². The third kappa shape index (κ3) is 3.59. The first-order valence-corrected chi connectivity index (χ1v) is 6.28. The second-order valence-corrected chi connectivity index (χ2v) is 4.80. The first-order valence-electron chi connectivity index (χ1n) is 6.28. The monoisotopic (exact) mass is 293 g/mol. The number of nitrogens with one attached hydrogen (secondary N) is 3. The van der Waals surface area contributed by atoms with Gasteiger partial charge in [0.2, 0.25) is 0 Å². The highest BCUT2D eigenvalue weighted by atomic mass is 16.6. The van der Waals surface area contributed by atoms with Crippen LogP contribution in [0.25, 0.3) is 10.9 Å². The van der Waals surface area contributed by atoms with Crippen LogP contribution < -0.4 is 10.9 Å². The topological polar surface area (TPSA) is 122 Å². The number of carbonyl (C=O) groups is 1. The second-order valence-electron chi connectivity index (χ2n) is 4.80. The Kier molecular flexibility index (Phi) is 4.21. The lowest BCUT2D eigenvalue weighted by Crippen LogP contribution is -2.31. The molecule has 1 aromatic heterocycles. The lowest BCUT2D eigenvalue weighted by Gasteiger charge is -2.09. The molecule has 112 valence electrons. The van der Waals surface area contributed by atoms with Gasteiger partial charge in [-0.3, -0.25) is 20.6 Å². The minimum absolute atomic E-state index is 0.0608. The standard InChI is InChI=1S/C12H15N5O4/c1-7(2)6-21-12(18)16-15-11-9-5-8(17(19)20)3-4-10(9)13-14-11/h3-5,7H,6H2,1-2H3,(H,16,18)(H2,13,14,15). The summed E-state index contributed by atoms with van der Waals surface area (Å²) in [4.78, 5) is 21.7. The van der Waals surface area contributed by atoms with Crippen LogP contribution in [0.4, 0.5) is 16.3 Å². The molecule has 0 radical (unpaired) electrons. The average molecular weight is 293 g/mol. The number of amides is 1. The molecule has 0 bridgehead atoms. The Labute approximate surface area is 119 Å². The summed E-state index contributed by atoms with van der Waals surface area (Å²) in [6.07, 6.45) is -0.648. The van der Waals surface area contributed by atoms with Gasteiger partial charge in [-0.15, -0.1) is 0 Å². The van der Waals surface area contributed by atoms with Crippen molar-refractivity contribution in [1.29, 1.82) is 0 Å². The SMILES string of the molecule is CC(C)COC(=O)NNc1n[nH]c2ccc([N+](=O)[O-])cc12. The van der Waals surface area contributed by atoms with Crippen LogP contribution in [0.15, 0.2) is 18.2 Å². The summed E-state index contributed by atoms with van der Waals surface area (Å²) in [6.45, 7) is 4.13. The number of nitro groups is 1. The van der Waals surface area contributed by atoms with E-state index in [0.717, 1.165) is 0 Å². The lowest BCUT2D eigenvalue weighted by molar-refractivity contribution is -0.384. The zero-order valence-corrected chi connectivity index (χ0v) is 11.5. The Morgan fingerprint density at radius 1 is 1.52 bits per heavy atom. The largest absolute Gasteiger partial charge is 0.448 e. The van der Waals surface area contributed by atoms with Crippen molar-refractivity contribution in [2.75, 3.05) is 12.0 Å². The van der Waals surface area contributed by atoms with Crippen molar-refractivity contribution < 1.29 is 14.5 Å². The van der Waals surface area contributed by atoms with E-state index in [-0.39, 0.29) is 17.4 Å². The summed E-state index contributed by atoms with van der Waals surface area (Å²) in [5, 5.41) is 17.9. The van der Waals surface area contributed by atoms with Crippen LogP contribution >= 0.6 is 0 Å². The highest BCUT2D eigenvalue weighted by molar-refractivity contribution is 5.91. The number of hydrogen-bond acceptors (Lipinski definition) is 6. The van der Waals surface area contributed by atoms with Gasteiger partial charge in [0.05, 0.1) is 22.4 Å². The Bertz CT molecular complexity index is 667. The predicted molar refractivity (Wildman–Crippen MR) is 75.7 cm³/mol. The van der Waals surface area contributed by atoms with E-state index < -0.39 is 11.0 Å². The van der Waals surface area contributed by atoms with Crippen molar-refractivity contribution in [3.05, 3.63) is 28.3 Å². The van der Waals surface area contributed by atoms with Gasteiger partial charge in [-0.25, -0.2) is 10.2 Å². The fourth-order valence-electron chi connectivity index (χ4n) is 1.60. The highest BCUT2D eigenvalue weighted by Crippen LogP contribution is 2.24. The van der Waals surface area contributed by atoms with Gasteiger partial charge in [0.25, 0.3) is 5.69 Å².